The molecule has 1 amide bonds. The van der Waals surface area contributed by atoms with E-state index in [-0.39, 0.29) is 23.7 Å². The van der Waals surface area contributed by atoms with Crippen LogP contribution in [0, 0.1) is 10.1 Å². The summed E-state index contributed by atoms with van der Waals surface area (Å²) in [4.78, 5) is 37.7. The van der Waals surface area contributed by atoms with Crippen LogP contribution in [-0.2, 0) is 9.53 Å². The molecular formula is C21H24N2O7. The smallest absolute Gasteiger partial charge is 0.346 e. The number of hydrogen-bond acceptors (Lipinski definition) is 7. The molecule has 0 saturated carbocycles. The number of hydrogen-bond donors (Lipinski definition) is 0. The fourth-order valence-corrected chi connectivity index (χ4v) is 2.86. The summed E-state index contributed by atoms with van der Waals surface area (Å²) >= 11 is 0. The van der Waals surface area contributed by atoms with Crippen LogP contribution >= 0.6 is 0 Å². The van der Waals surface area contributed by atoms with Crippen molar-refractivity contribution in [2.45, 2.75) is 26.9 Å². The fourth-order valence-electron chi connectivity index (χ4n) is 2.86. The molecule has 2 aromatic carbocycles. The average Bonchev–Trinajstić information content (AvgIpc) is 2.74. The van der Waals surface area contributed by atoms with Crippen molar-refractivity contribution in [1.29, 1.82) is 0 Å². The molecule has 160 valence electrons. The Morgan fingerprint density at radius 1 is 1.13 bits per heavy atom. The van der Waals surface area contributed by atoms with Gasteiger partial charge in [0.05, 0.1) is 24.7 Å². The Bertz CT molecular complexity index is 915. The number of nitrogens with zero attached hydrogens (tertiary/aromatic N) is 2. The van der Waals surface area contributed by atoms with E-state index in [0.29, 0.717) is 12.2 Å². The van der Waals surface area contributed by atoms with Gasteiger partial charge in [-0.2, -0.15) is 0 Å². The molecule has 0 bridgehead atoms. The van der Waals surface area contributed by atoms with Crippen molar-refractivity contribution < 1.29 is 28.7 Å². The number of para-hydroxylation sites is 1. The van der Waals surface area contributed by atoms with Gasteiger partial charge in [0.25, 0.3) is 11.6 Å². The summed E-state index contributed by atoms with van der Waals surface area (Å²) in [5.41, 5.74) is -0.177. The molecule has 0 aliphatic carbocycles. The topological polar surface area (TPSA) is 108 Å². The Kier molecular flexibility index (Phi) is 7.74. The van der Waals surface area contributed by atoms with Gasteiger partial charge in [-0.25, -0.2) is 4.79 Å². The number of benzene rings is 2. The van der Waals surface area contributed by atoms with Crippen LogP contribution in [0.15, 0.2) is 42.5 Å². The highest BCUT2D eigenvalue weighted by molar-refractivity contribution is 6.00. The summed E-state index contributed by atoms with van der Waals surface area (Å²) in [5, 5.41) is 11.4. The lowest BCUT2D eigenvalue weighted by Crippen LogP contribution is -2.40. The monoisotopic (exact) mass is 416 g/mol. The van der Waals surface area contributed by atoms with E-state index >= 15 is 0 Å². The highest BCUT2D eigenvalue weighted by Crippen LogP contribution is 2.35. The standard InChI is InChI=1S/C21H24N2O7/c1-5-22(15-10-8-7-9-11-15)20(24)14(3)30-21(25)16-12-19(29-6-2)18(28-4)13-17(16)23(26)27/h7-14H,5-6H2,1-4H3/t14-/m0/s1. The van der Waals surface area contributed by atoms with Crippen LogP contribution in [0.1, 0.15) is 31.1 Å². The first-order valence-corrected chi connectivity index (χ1v) is 9.40. The normalized spacial score (nSPS) is 11.3. The predicted molar refractivity (Wildman–Crippen MR) is 110 cm³/mol. The highest BCUT2D eigenvalue weighted by atomic mass is 16.6. The van der Waals surface area contributed by atoms with Crippen molar-refractivity contribution in [3.05, 3.63) is 58.1 Å². The minimum atomic E-state index is -1.16. The molecule has 0 aromatic heterocycles. The van der Waals surface area contributed by atoms with Crippen molar-refractivity contribution in [3.63, 3.8) is 0 Å². The molecule has 0 radical (unpaired) electrons. The Labute approximate surface area is 174 Å². The Morgan fingerprint density at radius 3 is 2.33 bits per heavy atom. The molecule has 2 rings (SSSR count). The first-order valence-electron chi connectivity index (χ1n) is 9.40. The van der Waals surface area contributed by atoms with Crippen molar-refractivity contribution in [1.82, 2.24) is 0 Å². The lowest BCUT2D eigenvalue weighted by atomic mass is 10.1. The maximum atomic E-state index is 12.8. The number of nitro benzene ring substituents is 1. The number of likely N-dealkylation sites (N-methyl/N-ethyl adjacent to an activating group) is 1. The van der Waals surface area contributed by atoms with Gasteiger partial charge in [-0.15, -0.1) is 0 Å². The molecule has 0 unspecified atom stereocenters. The van der Waals surface area contributed by atoms with Crippen molar-refractivity contribution in [3.8, 4) is 11.5 Å². The Morgan fingerprint density at radius 2 is 1.80 bits per heavy atom. The second-order valence-corrected chi connectivity index (χ2v) is 6.18. The molecule has 30 heavy (non-hydrogen) atoms. The van der Waals surface area contributed by atoms with E-state index in [9.17, 15) is 19.7 Å². The van der Waals surface area contributed by atoms with E-state index in [4.69, 9.17) is 14.2 Å². The van der Waals surface area contributed by atoms with Gasteiger partial charge in [-0.1, -0.05) is 18.2 Å². The molecule has 0 spiro atoms. The van der Waals surface area contributed by atoms with Crippen LogP contribution in [0.5, 0.6) is 11.5 Å². The van der Waals surface area contributed by atoms with Gasteiger partial charge >= 0.3 is 5.97 Å². The van der Waals surface area contributed by atoms with Crippen LogP contribution in [0.25, 0.3) is 0 Å². The number of carbonyl (C=O) groups is 2. The van der Waals surface area contributed by atoms with Gasteiger partial charge in [-0.05, 0) is 32.9 Å². The molecule has 1 atom stereocenters. The summed E-state index contributed by atoms with van der Waals surface area (Å²) < 4.78 is 15.8. The minimum Gasteiger partial charge on any atom is -0.493 e. The van der Waals surface area contributed by atoms with Gasteiger partial charge in [0, 0.05) is 18.3 Å². The Hall–Kier alpha value is -3.62. The number of esters is 1. The number of rotatable bonds is 9. The summed E-state index contributed by atoms with van der Waals surface area (Å²) in [6.45, 7) is 5.57. The second kappa shape index (κ2) is 10.2. The van der Waals surface area contributed by atoms with Crippen LogP contribution in [0.4, 0.5) is 11.4 Å². The van der Waals surface area contributed by atoms with E-state index in [1.54, 1.807) is 38.1 Å². The third-order valence-electron chi connectivity index (χ3n) is 4.28. The molecule has 0 aliphatic rings. The van der Waals surface area contributed by atoms with Gasteiger partial charge in [0.15, 0.2) is 17.6 Å². The minimum absolute atomic E-state index is 0.116. The SMILES string of the molecule is CCOc1cc(C(=O)O[C@@H](C)C(=O)N(CC)c2ccccc2)c([N+](=O)[O-])cc1OC. The predicted octanol–water partition coefficient (Wildman–Crippen LogP) is 3.60. The molecule has 0 aliphatic heterocycles. The second-order valence-electron chi connectivity index (χ2n) is 6.18. The number of anilines is 1. The third kappa shape index (κ3) is 5.05. The van der Waals surface area contributed by atoms with Crippen molar-refractivity contribution >= 4 is 23.3 Å². The van der Waals surface area contributed by atoms with Crippen molar-refractivity contribution in [2.24, 2.45) is 0 Å². The zero-order valence-corrected chi connectivity index (χ0v) is 17.3. The van der Waals surface area contributed by atoms with Crippen LogP contribution in [-0.4, -0.2) is 43.2 Å². The zero-order chi connectivity index (χ0) is 22.3. The van der Waals surface area contributed by atoms with E-state index in [1.165, 1.54) is 25.0 Å². The first kappa shape index (κ1) is 22.7. The summed E-state index contributed by atoms with van der Waals surface area (Å²) in [7, 11) is 1.34. The first-order chi connectivity index (χ1) is 14.3. The van der Waals surface area contributed by atoms with Crippen LogP contribution in [0.3, 0.4) is 0 Å². The van der Waals surface area contributed by atoms with Crippen LogP contribution < -0.4 is 14.4 Å². The molecule has 0 saturated heterocycles. The molecule has 2 aromatic rings. The van der Waals surface area contributed by atoms with Gasteiger partial charge < -0.3 is 19.1 Å². The fraction of sp³-hybridized carbons (Fsp3) is 0.333. The highest BCUT2D eigenvalue weighted by Gasteiger charge is 2.30. The van der Waals surface area contributed by atoms with E-state index in [0.717, 1.165) is 6.07 Å². The maximum Gasteiger partial charge on any atom is 0.346 e. The molecule has 0 N–H and O–H groups in total. The summed E-state index contributed by atoms with van der Waals surface area (Å²) in [6.07, 6.45) is -1.16. The number of amides is 1. The Balaban J connectivity index is 2.30. The van der Waals surface area contributed by atoms with E-state index in [1.807, 2.05) is 6.07 Å². The molecular weight excluding hydrogens is 392 g/mol. The number of carbonyl (C=O) groups excluding carboxylic acids is 2. The van der Waals surface area contributed by atoms with Crippen LogP contribution in [0.2, 0.25) is 0 Å². The van der Waals surface area contributed by atoms with E-state index in [2.05, 4.69) is 0 Å². The average molecular weight is 416 g/mol. The quantitative estimate of drug-likeness (QED) is 0.349. The largest absolute Gasteiger partial charge is 0.493 e. The summed E-state index contributed by atoms with van der Waals surface area (Å²) in [5.74, 6) is -1.17. The number of methoxy groups -OCH3 is 1. The van der Waals surface area contributed by atoms with Gasteiger partial charge in [-0.3, -0.25) is 14.9 Å². The van der Waals surface area contributed by atoms with Gasteiger partial charge in [0.2, 0.25) is 0 Å². The third-order valence-corrected chi connectivity index (χ3v) is 4.28. The summed E-state index contributed by atoms with van der Waals surface area (Å²) in [6, 6.07) is 11.2. The lowest BCUT2D eigenvalue weighted by molar-refractivity contribution is -0.385. The molecule has 0 heterocycles. The van der Waals surface area contributed by atoms with E-state index < -0.39 is 28.6 Å². The van der Waals surface area contributed by atoms with Crippen molar-refractivity contribution in [2.75, 3.05) is 25.2 Å². The number of ether oxygens (including phenoxy) is 3. The lowest BCUT2D eigenvalue weighted by Gasteiger charge is -2.24. The maximum absolute atomic E-state index is 12.8. The van der Waals surface area contributed by atoms with Gasteiger partial charge in [0.1, 0.15) is 5.56 Å². The molecule has 0 fully saturated rings. The number of nitro groups is 1. The molecule has 9 heteroatoms. The molecule has 9 nitrogen and oxygen atoms in total. The zero-order valence-electron chi connectivity index (χ0n) is 17.3.